The Labute approximate surface area is 146 Å². The zero-order chi connectivity index (χ0) is 17.9. The minimum atomic E-state index is -4.33. The van der Waals surface area contributed by atoms with E-state index in [1.165, 1.54) is 18.3 Å². The molecule has 0 saturated heterocycles. The first-order valence-electron chi connectivity index (χ1n) is 7.37. The Morgan fingerprint density at radius 3 is 2.56 bits per heavy atom. The number of aromatic nitrogens is 1. The Kier molecular flexibility index (Phi) is 4.94. The van der Waals surface area contributed by atoms with Crippen LogP contribution in [0.15, 0.2) is 65.8 Å². The van der Waals surface area contributed by atoms with Crippen molar-refractivity contribution in [2.24, 2.45) is 0 Å². The standard InChI is InChI=1S/C18H13F3N2OS/c19-18(20,21)11-25-17-15(6-3-9-22-17)16(24)23-14-8-7-12-4-1-2-5-13(12)10-14/h1-10H,11H2,(H,23,24). The average molecular weight is 362 g/mol. The second-order valence-corrected chi connectivity index (χ2v) is 6.24. The van der Waals surface area contributed by atoms with E-state index in [1.54, 1.807) is 6.07 Å². The van der Waals surface area contributed by atoms with Gasteiger partial charge in [-0.1, -0.05) is 42.1 Å². The molecule has 2 aromatic carbocycles. The third kappa shape index (κ3) is 4.51. The van der Waals surface area contributed by atoms with E-state index in [0.717, 1.165) is 10.8 Å². The molecule has 0 aliphatic rings. The van der Waals surface area contributed by atoms with Gasteiger partial charge in [-0.25, -0.2) is 4.98 Å². The number of hydrogen-bond acceptors (Lipinski definition) is 3. The minimum absolute atomic E-state index is 0.0538. The monoisotopic (exact) mass is 362 g/mol. The molecule has 1 heterocycles. The van der Waals surface area contributed by atoms with Gasteiger partial charge < -0.3 is 5.32 Å². The van der Waals surface area contributed by atoms with Gasteiger partial charge in [-0.05, 0) is 35.0 Å². The van der Waals surface area contributed by atoms with Crippen molar-refractivity contribution in [1.82, 2.24) is 4.98 Å². The van der Waals surface area contributed by atoms with Crippen molar-refractivity contribution in [2.75, 3.05) is 11.1 Å². The number of halogens is 3. The largest absolute Gasteiger partial charge is 0.398 e. The number of alkyl halides is 3. The fourth-order valence-electron chi connectivity index (χ4n) is 2.29. The molecule has 3 nitrogen and oxygen atoms in total. The molecule has 128 valence electrons. The summed E-state index contributed by atoms with van der Waals surface area (Å²) in [7, 11) is 0. The highest BCUT2D eigenvalue weighted by Crippen LogP contribution is 2.28. The first kappa shape index (κ1) is 17.3. The second kappa shape index (κ2) is 7.14. The Morgan fingerprint density at radius 2 is 1.80 bits per heavy atom. The molecule has 0 spiro atoms. The molecule has 3 rings (SSSR count). The van der Waals surface area contributed by atoms with E-state index < -0.39 is 17.8 Å². The predicted octanol–water partition coefficient (Wildman–Crippen LogP) is 5.14. The maximum Gasteiger partial charge on any atom is 0.398 e. The molecule has 7 heteroatoms. The molecule has 25 heavy (non-hydrogen) atoms. The van der Waals surface area contributed by atoms with Crippen molar-refractivity contribution in [3.05, 3.63) is 66.4 Å². The van der Waals surface area contributed by atoms with Crippen molar-refractivity contribution < 1.29 is 18.0 Å². The summed E-state index contributed by atoms with van der Waals surface area (Å²) >= 11 is 0.498. The maximum atomic E-state index is 12.4. The van der Waals surface area contributed by atoms with Crippen molar-refractivity contribution in [3.8, 4) is 0 Å². The van der Waals surface area contributed by atoms with E-state index in [2.05, 4.69) is 10.3 Å². The van der Waals surface area contributed by atoms with Gasteiger partial charge in [-0.2, -0.15) is 13.2 Å². The summed E-state index contributed by atoms with van der Waals surface area (Å²) in [5.41, 5.74) is 0.684. The summed E-state index contributed by atoms with van der Waals surface area (Å²) in [4.78, 5) is 16.3. The lowest BCUT2D eigenvalue weighted by atomic mass is 10.1. The minimum Gasteiger partial charge on any atom is -0.322 e. The van der Waals surface area contributed by atoms with Crippen LogP contribution in [0.2, 0.25) is 0 Å². The quantitative estimate of drug-likeness (QED) is 0.653. The van der Waals surface area contributed by atoms with Crippen LogP contribution in [-0.2, 0) is 0 Å². The SMILES string of the molecule is O=C(Nc1ccc2ccccc2c1)c1cccnc1SCC(F)(F)F. The van der Waals surface area contributed by atoms with Gasteiger partial charge in [0, 0.05) is 11.9 Å². The van der Waals surface area contributed by atoms with Gasteiger partial charge in [0.15, 0.2) is 0 Å². The normalized spacial score (nSPS) is 11.5. The Hall–Kier alpha value is -2.54. The zero-order valence-corrected chi connectivity index (χ0v) is 13.7. The van der Waals surface area contributed by atoms with Crippen molar-refractivity contribution >= 4 is 34.1 Å². The van der Waals surface area contributed by atoms with Crippen LogP contribution >= 0.6 is 11.8 Å². The van der Waals surface area contributed by atoms with Crippen LogP contribution in [0.5, 0.6) is 0 Å². The number of thioether (sulfide) groups is 1. The van der Waals surface area contributed by atoms with Crippen LogP contribution in [0.25, 0.3) is 10.8 Å². The third-order valence-electron chi connectivity index (χ3n) is 3.40. The summed E-state index contributed by atoms with van der Waals surface area (Å²) in [5.74, 6) is -1.59. The number of benzene rings is 2. The molecule has 0 aliphatic heterocycles. The number of nitrogens with zero attached hydrogens (tertiary/aromatic N) is 1. The third-order valence-corrected chi connectivity index (χ3v) is 4.47. The van der Waals surface area contributed by atoms with Crippen LogP contribution < -0.4 is 5.32 Å². The molecule has 1 aromatic heterocycles. The highest BCUT2D eigenvalue weighted by atomic mass is 32.2. The first-order valence-corrected chi connectivity index (χ1v) is 8.36. The second-order valence-electron chi connectivity index (χ2n) is 5.28. The molecule has 0 aliphatic carbocycles. The van der Waals surface area contributed by atoms with Crippen molar-refractivity contribution in [3.63, 3.8) is 0 Å². The molecule has 1 N–H and O–H groups in total. The van der Waals surface area contributed by atoms with E-state index in [9.17, 15) is 18.0 Å². The van der Waals surface area contributed by atoms with Gasteiger partial charge in [0.25, 0.3) is 5.91 Å². The van der Waals surface area contributed by atoms with Gasteiger partial charge in [-0.15, -0.1) is 0 Å². The number of anilines is 1. The molecule has 0 saturated carbocycles. The molecular formula is C18H13F3N2OS. The highest BCUT2D eigenvalue weighted by Gasteiger charge is 2.28. The topological polar surface area (TPSA) is 42.0 Å². The van der Waals surface area contributed by atoms with Crippen LogP contribution in [0.1, 0.15) is 10.4 Å². The molecule has 0 atom stereocenters. The number of carbonyl (C=O) groups excluding carboxylic acids is 1. The van der Waals surface area contributed by atoms with Crippen LogP contribution in [0.4, 0.5) is 18.9 Å². The van der Waals surface area contributed by atoms with E-state index >= 15 is 0 Å². The van der Waals surface area contributed by atoms with Crippen LogP contribution in [-0.4, -0.2) is 22.8 Å². The molecule has 0 bridgehead atoms. The van der Waals surface area contributed by atoms with Gasteiger partial charge >= 0.3 is 6.18 Å². The lowest BCUT2D eigenvalue weighted by Gasteiger charge is -2.11. The van der Waals surface area contributed by atoms with Gasteiger partial charge in [0.2, 0.25) is 0 Å². The lowest BCUT2D eigenvalue weighted by Crippen LogP contribution is -2.15. The number of rotatable bonds is 4. The summed E-state index contributed by atoms with van der Waals surface area (Å²) in [6.07, 6.45) is -2.96. The lowest BCUT2D eigenvalue weighted by molar-refractivity contribution is -0.105. The molecule has 0 fully saturated rings. The Balaban J connectivity index is 1.80. The fraction of sp³-hybridized carbons (Fsp3) is 0.111. The van der Waals surface area contributed by atoms with Crippen molar-refractivity contribution in [1.29, 1.82) is 0 Å². The molecule has 1 amide bonds. The van der Waals surface area contributed by atoms with Crippen LogP contribution in [0.3, 0.4) is 0 Å². The summed E-state index contributed by atoms with van der Waals surface area (Å²) in [6.45, 7) is 0. The average Bonchev–Trinajstić information content (AvgIpc) is 2.59. The number of carbonyl (C=O) groups is 1. The van der Waals surface area contributed by atoms with Crippen molar-refractivity contribution in [2.45, 2.75) is 11.2 Å². The van der Waals surface area contributed by atoms with Gasteiger partial charge in [-0.3, -0.25) is 4.79 Å². The van der Waals surface area contributed by atoms with E-state index in [1.807, 2.05) is 36.4 Å². The Bertz CT molecular complexity index is 912. The summed E-state index contributed by atoms with van der Waals surface area (Å²) in [5, 5.41) is 4.76. The van der Waals surface area contributed by atoms with Gasteiger partial charge in [0.1, 0.15) is 5.03 Å². The zero-order valence-electron chi connectivity index (χ0n) is 12.9. The smallest absolute Gasteiger partial charge is 0.322 e. The highest BCUT2D eigenvalue weighted by molar-refractivity contribution is 7.99. The summed E-state index contributed by atoms with van der Waals surface area (Å²) in [6, 6.07) is 16.1. The Morgan fingerprint density at radius 1 is 1.04 bits per heavy atom. The van der Waals surface area contributed by atoms with E-state index in [4.69, 9.17) is 0 Å². The van der Waals surface area contributed by atoms with Crippen LogP contribution in [0, 0.1) is 0 Å². The number of hydrogen-bond donors (Lipinski definition) is 1. The first-order chi connectivity index (χ1) is 11.9. The van der Waals surface area contributed by atoms with Gasteiger partial charge in [0.05, 0.1) is 11.3 Å². The fourth-order valence-corrected chi connectivity index (χ4v) is 3.05. The molecular weight excluding hydrogens is 349 g/mol. The number of pyridine rings is 1. The number of fused-ring (bicyclic) bond motifs is 1. The summed E-state index contributed by atoms with van der Waals surface area (Å²) < 4.78 is 37.3. The number of nitrogens with one attached hydrogen (secondary N) is 1. The predicted molar refractivity (Wildman–Crippen MR) is 92.9 cm³/mol. The van der Waals surface area contributed by atoms with E-state index in [0.29, 0.717) is 17.4 Å². The van der Waals surface area contributed by atoms with E-state index in [-0.39, 0.29) is 10.6 Å². The molecule has 0 radical (unpaired) electrons. The maximum absolute atomic E-state index is 12.4. The number of amides is 1. The molecule has 3 aromatic rings. The molecule has 0 unspecified atom stereocenters.